The number of carbonyl (C=O) groups excluding carboxylic acids is 1. The minimum absolute atomic E-state index is 0.0243. The molecule has 0 unspecified atom stereocenters. The van der Waals surface area contributed by atoms with Gasteiger partial charge in [0.15, 0.2) is 5.58 Å². The van der Waals surface area contributed by atoms with Crippen LogP contribution in [0.5, 0.6) is 0 Å². The van der Waals surface area contributed by atoms with E-state index in [1.165, 1.54) is 6.07 Å². The number of rotatable bonds is 6. The fourth-order valence-corrected chi connectivity index (χ4v) is 4.32. The molecule has 35 heavy (non-hydrogen) atoms. The number of carbonyl (C=O) groups is 1. The molecule has 2 aliphatic heterocycles. The first kappa shape index (κ1) is 23.2. The van der Waals surface area contributed by atoms with Crippen molar-refractivity contribution >= 4 is 17.0 Å². The fourth-order valence-electron chi connectivity index (χ4n) is 4.32. The monoisotopic (exact) mass is 480 g/mol. The van der Waals surface area contributed by atoms with E-state index in [1.54, 1.807) is 34.9 Å². The Hall–Kier alpha value is -3.52. The number of hydrogen-bond acceptors (Lipinski definition) is 7. The van der Waals surface area contributed by atoms with Gasteiger partial charge < -0.3 is 24.5 Å². The molecule has 1 aromatic heterocycles. The van der Waals surface area contributed by atoms with Crippen LogP contribution in [0.4, 0.5) is 4.39 Å². The summed E-state index contributed by atoms with van der Waals surface area (Å²) in [6.07, 6.45) is 0.155. The maximum atomic E-state index is 15.0. The van der Waals surface area contributed by atoms with E-state index >= 15 is 4.39 Å². The van der Waals surface area contributed by atoms with Crippen LogP contribution in [-0.2, 0) is 20.7 Å². The zero-order valence-electron chi connectivity index (χ0n) is 19.0. The molecule has 2 aliphatic rings. The molecule has 2 fully saturated rings. The number of ether oxygens (including phenoxy) is 2. The largest absolute Gasteiger partial charge is 0.420 e. The summed E-state index contributed by atoms with van der Waals surface area (Å²) in [6.45, 7) is 2.50. The maximum absolute atomic E-state index is 15.0. The number of nitriles is 1. The summed E-state index contributed by atoms with van der Waals surface area (Å²) >= 11 is 0. The lowest BCUT2D eigenvalue weighted by molar-refractivity contribution is -0.132. The second kappa shape index (κ2) is 10.00. The van der Waals surface area contributed by atoms with Gasteiger partial charge in [0.2, 0.25) is 0 Å². The Balaban J connectivity index is 1.32. The minimum atomic E-state index is -0.892. The Morgan fingerprint density at radius 3 is 2.80 bits per heavy atom. The van der Waals surface area contributed by atoms with Crippen molar-refractivity contribution in [3.63, 3.8) is 0 Å². The number of benzene rings is 2. The van der Waals surface area contributed by atoms with Gasteiger partial charge in [-0.15, -0.1) is 0 Å². The van der Waals surface area contributed by atoms with E-state index in [0.29, 0.717) is 48.6 Å². The van der Waals surface area contributed by atoms with Crippen molar-refractivity contribution in [3.8, 4) is 17.2 Å². The Kier molecular flexibility index (Phi) is 6.63. The highest BCUT2D eigenvalue weighted by atomic mass is 19.1. The Morgan fingerprint density at radius 2 is 2.06 bits per heavy atom. The van der Waals surface area contributed by atoms with Gasteiger partial charge in [-0.3, -0.25) is 9.36 Å². The van der Waals surface area contributed by atoms with Crippen LogP contribution in [0.1, 0.15) is 18.0 Å². The van der Waals surface area contributed by atoms with Crippen LogP contribution in [-0.4, -0.2) is 55.5 Å². The maximum Gasteiger partial charge on any atom is 0.420 e. The molecule has 10 heteroatoms. The highest BCUT2D eigenvalue weighted by molar-refractivity contribution is 5.82. The quantitative estimate of drug-likeness (QED) is 0.553. The number of aromatic nitrogens is 1. The smallest absolute Gasteiger partial charge is 0.408 e. The fraction of sp³-hybridized carbons (Fsp3) is 0.400. The van der Waals surface area contributed by atoms with Crippen LogP contribution < -0.4 is 16.4 Å². The first-order valence-electron chi connectivity index (χ1n) is 11.6. The molecule has 3 heterocycles. The molecule has 0 aliphatic carbocycles. The number of hydrogen-bond donors (Lipinski definition) is 2. The van der Waals surface area contributed by atoms with Gasteiger partial charge in [-0.2, -0.15) is 5.26 Å². The summed E-state index contributed by atoms with van der Waals surface area (Å²) in [5.41, 5.74) is 2.75. The normalized spacial score (nSPS) is 19.5. The van der Waals surface area contributed by atoms with Crippen LogP contribution in [0.2, 0.25) is 0 Å². The van der Waals surface area contributed by atoms with Gasteiger partial charge in [0.05, 0.1) is 30.8 Å². The molecule has 0 radical (unpaired) electrons. The van der Waals surface area contributed by atoms with Crippen molar-refractivity contribution in [1.29, 1.82) is 5.26 Å². The molecular weight excluding hydrogens is 455 g/mol. The lowest BCUT2D eigenvalue weighted by Gasteiger charge is -2.26. The second-order valence-electron chi connectivity index (χ2n) is 8.73. The third-order valence-corrected chi connectivity index (χ3v) is 6.32. The van der Waals surface area contributed by atoms with Gasteiger partial charge in [-0.25, -0.2) is 9.18 Å². The van der Waals surface area contributed by atoms with Crippen molar-refractivity contribution < 1.29 is 23.1 Å². The topological polar surface area (TPSA) is 119 Å². The molecule has 2 aromatic carbocycles. The first-order chi connectivity index (χ1) is 17.0. The Morgan fingerprint density at radius 1 is 1.26 bits per heavy atom. The van der Waals surface area contributed by atoms with Crippen molar-refractivity contribution in [1.82, 2.24) is 15.2 Å². The second-order valence-corrected chi connectivity index (χ2v) is 8.73. The highest BCUT2D eigenvalue weighted by Crippen LogP contribution is 2.28. The zero-order chi connectivity index (χ0) is 24.4. The molecule has 182 valence electrons. The molecule has 1 amide bonds. The predicted molar refractivity (Wildman–Crippen MR) is 124 cm³/mol. The molecule has 2 atom stereocenters. The third-order valence-electron chi connectivity index (χ3n) is 6.32. The first-order valence-corrected chi connectivity index (χ1v) is 11.6. The van der Waals surface area contributed by atoms with Crippen molar-refractivity contribution in [2.75, 3.05) is 32.9 Å². The lowest BCUT2D eigenvalue weighted by atomic mass is 9.99. The van der Waals surface area contributed by atoms with Crippen LogP contribution in [0, 0.1) is 17.1 Å². The van der Waals surface area contributed by atoms with E-state index in [-0.39, 0.29) is 18.4 Å². The van der Waals surface area contributed by atoms with E-state index in [4.69, 9.17) is 13.9 Å². The molecule has 2 N–H and O–H groups in total. The molecule has 3 aromatic rings. The van der Waals surface area contributed by atoms with Crippen LogP contribution in [0.3, 0.4) is 0 Å². The average Bonchev–Trinajstić information content (AvgIpc) is 2.99. The Labute approximate surface area is 200 Å². The molecule has 5 rings (SSSR count). The van der Waals surface area contributed by atoms with E-state index in [0.717, 1.165) is 18.5 Å². The predicted octanol–water partition coefficient (Wildman–Crippen LogP) is 1.90. The molecule has 9 nitrogen and oxygen atoms in total. The summed E-state index contributed by atoms with van der Waals surface area (Å²) in [7, 11) is 0. The van der Waals surface area contributed by atoms with Gasteiger partial charge in [0.25, 0.3) is 5.91 Å². The highest BCUT2D eigenvalue weighted by Gasteiger charge is 2.26. The molecule has 0 saturated carbocycles. The van der Waals surface area contributed by atoms with Gasteiger partial charge in [-0.05, 0) is 47.9 Å². The minimum Gasteiger partial charge on any atom is -0.408 e. The van der Waals surface area contributed by atoms with Crippen LogP contribution in [0.15, 0.2) is 45.6 Å². The summed E-state index contributed by atoms with van der Waals surface area (Å²) in [5, 5.41) is 15.3. The van der Waals surface area contributed by atoms with Gasteiger partial charge in [0.1, 0.15) is 18.0 Å². The number of amides is 1. The van der Waals surface area contributed by atoms with Gasteiger partial charge in [0, 0.05) is 19.6 Å². The van der Waals surface area contributed by atoms with Gasteiger partial charge in [-0.1, -0.05) is 18.2 Å². The zero-order valence-corrected chi connectivity index (χ0v) is 19.0. The van der Waals surface area contributed by atoms with Gasteiger partial charge >= 0.3 is 5.76 Å². The number of nitrogens with one attached hydrogen (secondary N) is 2. The van der Waals surface area contributed by atoms with E-state index < -0.39 is 23.7 Å². The molecule has 0 spiro atoms. The van der Waals surface area contributed by atoms with E-state index in [1.807, 2.05) is 6.07 Å². The standard InChI is InChI=1S/C25H25FN4O5/c26-20-9-15(16-4-5-22-21(10-16)30(25(32)35-22)19-13-33-14-19)2-3-17(20)8-18(11-27)29-24(31)23-12-28-6-1-7-34-23/h2-5,9-10,18-19,23,28H,1,6-8,12-14H2,(H,29,31)/t18-,23-/m0/s1. The Bertz CT molecular complexity index is 1330. The number of oxazole rings is 1. The van der Waals surface area contributed by atoms with Crippen molar-refractivity contribution in [3.05, 3.63) is 58.3 Å². The third kappa shape index (κ3) is 4.84. The van der Waals surface area contributed by atoms with Crippen LogP contribution in [0.25, 0.3) is 22.2 Å². The SMILES string of the molecule is N#C[C@H](Cc1ccc(-c2ccc3oc(=O)n(C4COC4)c3c2)cc1F)NC(=O)[C@@H]1CNCCCO1. The lowest BCUT2D eigenvalue weighted by Crippen LogP contribution is -2.46. The van der Waals surface area contributed by atoms with E-state index in [2.05, 4.69) is 10.6 Å². The number of fused-ring (bicyclic) bond motifs is 1. The number of nitrogens with zero attached hydrogens (tertiary/aromatic N) is 2. The molecule has 2 saturated heterocycles. The summed E-state index contributed by atoms with van der Waals surface area (Å²) in [6, 6.07) is 11.1. The van der Waals surface area contributed by atoms with Crippen molar-refractivity contribution in [2.45, 2.75) is 31.0 Å². The van der Waals surface area contributed by atoms with E-state index in [9.17, 15) is 14.9 Å². The van der Waals surface area contributed by atoms with Crippen LogP contribution >= 0.6 is 0 Å². The average molecular weight is 480 g/mol. The van der Waals surface area contributed by atoms with Crippen molar-refractivity contribution in [2.24, 2.45) is 0 Å². The molecular formula is C25H25FN4O5. The molecule has 0 bridgehead atoms. The number of halogens is 1. The summed E-state index contributed by atoms with van der Waals surface area (Å²) in [4.78, 5) is 24.7. The summed E-state index contributed by atoms with van der Waals surface area (Å²) < 4.78 is 32.6. The summed E-state index contributed by atoms with van der Waals surface area (Å²) in [5.74, 6) is -1.32.